The molecule has 0 aromatic heterocycles. The van der Waals surface area contributed by atoms with Gasteiger partial charge in [0.25, 0.3) is 0 Å². The van der Waals surface area contributed by atoms with Gasteiger partial charge in [-0.3, -0.25) is 4.79 Å². The van der Waals surface area contributed by atoms with E-state index in [2.05, 4.69) is 29.0 Å². The maximum Gasteiger partial charge on any atom is 0.226 e. The number of hydrogen-bond acceptors (Lipinski definition) is 2. The van der Waals surface area contributed by atoms with Gasteiger partial charge < -0.3 is 9.80 Å². The van der Waals surface area contributed by atoms with Crippen LogP contribution in [0.4, 0.5) is 4.39 Å². The molecule has 3 unspecified atom stereocenters. The number of benzene rings is 2. The summed E-state index contributed by atoms with van der Waals surface area (Å²) in [5.74, 6) is 0.302. The monoisotopic (exact) mass is 338 g/mol. The van der Waals surface area contributed by atoms with E-state index >= 15 is 0 Å². The minimum atomic E-state index is -0.226. The van der Waals surface area contributed by atoms with Gasteiger partial charge in [0, 0.05) is 25.6 Å². The number of carbonyl (C=O) groups is 1. The summed E-state index contributed by atoms with van der Waals surface area (Å²) in [6.07, 6.45) is 0.873. The average molecular weight is 338 g/mol. The largest absolute Gasteiger partial charge is 0.333 e. The van der Waals surface area contributed by atoms with Crippen molar-refractivity contribution in [3.05, 3.63) is 71.5 Å². The number of likely N-dealkylation sites (N-methyl/N-ethyl adjacent to an activating group) is 1. The summed E-state index contributed by atoms with van der Waals surface area (Å²) in [4.78, 5) is 17.5. The molecule has 4 rings (SSSR count). The highest BCUT2D eigenvalue weighted by molar-refractivity contribution is 5.83. The minimum absolute atomic E-state index is 0.0417. The molecule has 0 N–H and O–H groups in total. The first kappa shape index (κ1) is 16.3. The molecule has 1 saturated heterocycles. The maximum absolute atomic E-state index is 13.1. The molecule has 0 spiro atoms. The highest BCUT2D eigenvalue weighted by Gasteiger charge is 2.47. The smallest absolute Gasteiger partial charge is 0.226 e. The van der Waals surface area contributed by atoms with Gasteiger partial charge in [0.05, 0.1) is 6.04 Å². The third-order valence-corrected chi connectivity index (χ3v) is 5.46. The van der Waals surface area contributed by atoms with Crippen molar-refractivity contribution in [1.29, 1.82) is 0 Å². The second-order valence-electron chi connectivity index (χ2n) is 7.22. The van der Waals surface area contributed by atoms with Crippen LogP contribution in [0.1, 0.15) is 29.5 Å². The molecule has 2 aliphatic rings. The fraction of sp³-hybridized carbons (Fsp3) is 0.381. The second kappa shape index (κ2) is 6.60. The number of carbonyl (C=O) groups excluding carboxylic acids is 1. The summed E-state index contributed by atoms with van der Waals surface area (Å²) in [5, 5.41) is 0. The first-order valence-corrected chi connectivity index (χ1v) is 8.93. The standard InChI is InChI=1S/C21H23FN2O/c1-23-11-12-24(20(14-23)16-5-3-2-4-6-16)21(25)19-13-18(19)15-7-9-17(22)10-8-15/h2-10,18-20H,11-14H2,1H3. The van der Waals surface area contributed by atoms with Gasteiger partial charge in [0.15, 0.2) is 0 Å². The molecule has 1 saturated carbocycles. The Hall–Kier alpha value is -2.20. The van der Waals surface area contributed by atoms with Crippen LogP contribution in [0.3, 0.4) is 0 Å². The van der Waals surface area contributed by atoms with E-state index in [0.717, 1.165) is 31.6 Å². The van der Waals surface area contributed by atoms with Gasteiger partial charge in [-0.25, -0.2) is 4.39 Å². The zero-order chi connectivity index (χ0) is 17.4. The first-order chi connectivity index (χ1) is 12.1. The Morgan fingerprint density at radius 2 is 1.72 bits per heavy atom. The van der Waals surface area contributed by atoms with Crippen molar-refractivity contribution in [2.75, 3.05) is 26.7 Å². The van der Waals surface area contributed by atoms with Gasteiger partial charge in [-0.15, -0.1) is 0 Å². The van der Waals surface area contributed by atoms with Gasteiger partial charge in [0.2, 0.25) is 5.91 Å². The van der Waals surface area contributed by atoms with E-state index < -0.39 is 0 Å². The Labute approximate surface area is 148 Å². The molecule has 1 amide bonds. The summed E-state index contributed by atoms with van der Waals surface area (Å²) >= 11 is 0. The highest BCUT2D eigenvalue weighted by atomic mass is 19.1. The zero-order valence-corrected chi connectivity index (χ0v) is 14.4. The Kier molecular flexibility index (Phi) is 4.30. The third kappa shape index (κ3) is 3.31. The molecule has 2 aromatic rings. The van der Waals surface area contributed by atoms with Crippen LogP contribution >= 0.6 is 0 Å². The summed E-state index contributed by atoms with van der Waals surface area (Å²) in [6.45, 7) is 2.54. The Morgan fingerprint density at radius 1 is 1.00 bits per heavy atom. The van der Waals surface area contributed by atoms with Gasteiger partial charge >= 0.3 is 0 Å². The van der Waals surface area contributed by atoms with Gasteiger partial charge in [0.1, 0.15) is 5.82 Å². The SMILES string of the molecule is CN1CCN(C(=O)C2CC2c2ccc(F)cc2)C(c2ccccc2)C1. The zero-order valence-electron chi connectivity index (χ0n) is 14.4. The lowest BCUT2D eigenvalue weighted by molar-refractivity contribution is -0.137. The van der Waals surface area contributed by atoms with E-state index in [9.17, 15) is 9.18 Å². The Morgan fingerprint density at radius 3 is 2.44 bits per heavy atom. The maximum atomic E-state index is 13.1. The van der Waals surface area contributed by atoms with Crippen molar-refractivity contribution in [1.82, 2.24) is 9.80 Å². The molecule has 2 aromatic carbocycles. The Balaban J connectivity index is 1.51. The molecule has 4 heteroatoms. The number of nitrogens with zero attached hydrogens (tertiary/aromatic N) is 2. The summed E-state index contributed by atoms with van der Waals surface area (Å²) in [6, 6.07) is 17.0. The number of piperazine rings is 1. The van der Waals surface area contributed by atoms with Crippen LogP contribution in [0.5, 0.6) is 0 Å². The molecule has 1 aliphatic carbocycles. The van der Waals surface area contributed by atoms with Crippen molar-refractivity contribution < 1.29 is 9.18 Å². The molecule has 0 radical (unpaired) electrons. The molecule has 3 nitrogen and oxygen atoms in total. The lowest BCUT2D eigenvalue weighted by atomic mass is 10.0. The first-order valence-electron chi connectivity index (χ1n) is 8.93. The van der Waals surface area contributed by atoms with Crippen LogP contribution in [0.2, 0.25) is 0 Å². The van der Waals surface area contributed by atoms with Crippen molar-refractivity contribution >= 4 is 5.91 Å². The van der Waals surface area contributed by atoms with Crippen LogP contribution in [0.15, 0.2) is 54.6 Å². The number of amides is 1. The molecule has 1 aliphatic heterocycles. The van der Waals surface area contributed by atoms with Gasteiger partial charge in [-0.1, -0.05) is 42.5 Å². The summed E-state index contributed by atoms with van der Waals surface area (Å²) in [7, 11) is 2.11. The summed E-state index contributed by atoms with van der Waals surface area (Å²) in [5.41, 5.74) is 2.27. The van der Waals surface area contributed by atoms with Crippen molar-refractivity contribution in [2.45, 2.75) is 18.4 Å². The van der Waals surface area contributed by atoms with Crippen LogP contribution in [0.25, 0.3) is 0 Å². The lowest BCUT2D eigenvalue weighted by Gasteiger charge is -2.40. The van der Waals surface area contributed by atoms with Crippen molar-refractivity contribution in [2.24, 2.45) is 5.92 Å². The van der Waals surface area contributed by atoms with Crippen molar-refractivity contribution in [3.8, 4) is 0 Å². The normalized spacial score (nSPS) is 26.5. The average Bonchev–Trinajstić information content (AvgIpc) is 3.43. The van der Waals surface area contributed by atoms with Gasteiger partial charge in [-0.05, 0) is 42.6 Å². The molecule has 25 heavy (non-hydrogen) atoms. The summed E-state index contributed by atoms with van der Waals surface area (Å²) < 4.78 is 13.1. The van der Waals surface area contributed by atoms with Crippen LogP contribution < -0.4 is 0 Å². The van der Waals surface area contributed by atoms with E-state index in [-0.39, 0.29) is 29.6 Å². The number of halogens is 1. The van der Waals surface area contributed by atoms with E-state index in [1.54, 1.807) is 0 Å². The topological polar surface area (TPSA) is 23.6 Å². The van der Waals surface area contributed by atoms with Crippen molar-refractivity contribution in [3.63, 3.8) is 0 Å². The Bertz CT molecular complexity index is 746. The van der Waals surface area contributed by atoms with Gasteiger partial charge in [-0.2, -0.15) is 0 Å². The molecule has 2 fully saturated rings. The molecule has 3 atom stereocenters. The molecule has 1 heterocycles. The van der Waals surface area contributed by atoms with E-state index in [1.165, 1.54) is 17.7 Å². The third-order valence-electron chi connectivity index (χ3n) is 5.46. The highest BCUT2D eigenvalue weighted by Crippen LogP contribution is 2.49. The molecular weight excluding hydrogens is 315 g/mol. The number of rotatable bonds is 3. The van der Waals surface area contributed by atoms with Crippen LogP contribution in [-0.2, 0) is 4.79 Å². The van der Waals surface area contributed by atoms with Crippen LogP contribution in [-0.4, -0.2) is 42.4 Å². The van der Waals surface area contributed by atoms with E-state index in [1.807, 2.05) is 30.3 Å². The molecule has 130 valence electrons. The number of hydrogen-bond donors (Lipinski definition) is 0. The van der Waals surface area contributed by atoms with E-state index in [4.69, 9.17) is 0 Å². The second-order valence-corrected chi connectivity index (χ2v) is 7.22. The molecule has 0 bridgehead atoms. The predicted octanol–water partition coefficient (Wildman–Crippen LogP) is 3.44. The minimum Gasteiger partial charge on any atom is -0.333 e. The predicted molar refractivity (Wildman–Crippen MR) is 95.6 cm³/mol. The lowest BCUT2D eigenvalue weighted by Crippen LogP contribution is -2.49. The van der Waals surface area contributed by atoms with E-state index in [0.29, 0.717) is 0 Å². The van der Waals surface area contributed by atoms with Crippen LogP contribution in [0, 0.1) is 11.7 Å². The fourth-order valence-corrected chi connectivity index (χ4v) is 3.90. The molecular formula is C21H23FN2O. The quantitative estimate of drug-likeness (QED) is 0.856. The fourth-order valence-electron chi connectivity index (χ4n) is 3.90.